The van der Waals surface area contributed by atoms with Gasteiger partial charge in [0.1, 0.15) is 0 Å². The second-order valence-corrected chi connectivity index (χ2v) is 3.58. The van der Waals surface area contributed by atoms with E-state index in [1.165, 1.54) is 12.8 Å². The topological polar surface area (TPSA) is 33.0 Å². The third kappa shape index (κ3) is 1.39. The first-order valence-corrected chi connectivity index (χ1v) is 4.39. The van der Waals surface area contributed by atoms with Gasteiger partial charge in [0.25, 0.3) is 0 Å². The van der Waals surface area contributed by atoms with E-state index in [2.05, 4.69) is 6.07 Å². The Morgan fingerprint density at radius 2 is 2.00 bits per heavy atom. The van der Waals surface area contributed by atoms with Crippen molar-refractivity contribution in [3.63, 3.8) is 0 Å². The van der Waals surface area contributed by atoms with Gasteiger partial charge in [-0.25, -0.2) is 0 Å². The molecule has 1 saturated heterocycles. The summed E-state index contributed by atoms with van der Waals surface area (Å²) in [6.07, 6.45) is 3.52. The highest BCUT2D eigenvalue weighted by atomic mass is 16.5. The fourth-order valence-corrected chi connectivity index (χ4v) is 2.03. The summed E-state index contributed by atoms with van der Waals surface area (Å²) >= 11 is 0. The minimum Gasteiger partial charge on any atom is -0.381 e. The third-order valence-electron chi connectivity index (χ3n) is 2.88. The maximum atomic E-state index is 8.63. The van der Waals surface area contributed by atoms with Gasteiger partial charge in [-0.1, -0.05) is 0 Å². The average molecular weight is 151 g/mol. The summed E-state index contributed by atoms with van der Waals surface area (Å²) < 4.78 is 5.26. The van der Waals surface area contributed by atoms with Gasteiger partial charge in [-0.05, 0) is 31.1 Å². The summed E-state index contributed by atoms with van der Waals surface area (Å²) in [5, 5.41) is 8.63. The van der Waals surface area contributed by atoms with Crippen LogP contribution in [0.15, 0.2) is 0 Å². The van der Waals surface area contributed by atoms with E-state index in [0.717, 1.165) is 31.5 Å². The first-order valence-electron chi connectivity index (χ1n) is 4.39. The summed E-state index contributed by atoms with van der Waals surface area (Å²) in [6, 6.07) is 2.35. The molecule has 2 aliphatic rings. The number of hydrogen-bond acceptors (Lipinski definition) is 2. The Hall–Kier alpha value is -0.550. The molecule has 2 unspecified atom stereocenters. The first kappa shape index (κ1) is 7.12. The predicted molar refractivity (Wildman–Crippen MR) is 40.8 cm³/mol. The van der Waals surface area contributed by atoms with Crippen molar-refractivity contribution in [2.24, 2.45) is 17.8 Å². The van der Waals surface area contributed by atoms with Gasteiger partial charge in [-0.3, -0.25) is 0 Å². The molecule has 60 valence electrons. The smallest absolute Gasteiger partial charge is 0.0658 e. The number of hydrogen-bond donors (Lipinski definition) is 0. The molecule has 1 aliphatic carbocycles. The molecule has 1 saturated carbocycles. The largest absolute Gasteiger partial charge is 0.381 e. The summed E-state index contributed by atoms with van der Waals surface area (Å²) in [5.74, 6) is 1.91. The van der Waals surface area contributed by atoms with Crippen LogP contribution in [0.5, 0.6) is 0 Å². The normalized spacial score (nSPS) is 38.1. The van der Waals surface area contributed by atoms with Gasteiger partial charge in [-0.15, -0.1) is 0 Å². The second-order valence-electron chi connectivity index (χ2n) is 3.58. The van der Waals surface area contributed by atoms with Crippen molar-refractivity contribution in [3.05, 3.63) is 0 Å². The molecule has 1 heterocycles. The van der Waals surface area contributed by atoms with Gasteiger partial charge in [-0.2, -0.15) is 5.26 Å². The van der Waals surface area contributed by atoms with Gasteiger partial charge in [0.15, 0.2) is 0 Å². The molecule has 2 rings (SSSR count). The number of rotatable bonds is 1. The Morgan fingerprint density at radius 3 is 2.55 bits per heavy atom. The molecular weight excluding hydrogens is 138 g/mol. The van der Waals surface area contributed by atoms with E-state index in [0.29, 0.717) is 5.92 Å². The van der Waals surface area contributed by atoms with E-state index in [1.807, 2.05) is 0 Å². The van der Waals surface area contributed by atoms with Crippen molar-refractivity contribution in [2.45, 2.75) is 19.3 Å². The number of ether oxygens (including phenoxy) is 1. The highest BCUT2D eigenvalue weighted by Crippen LogP contribution is 2.47. The van der Waals surface area contributed by atoms with E-state index in [1.54, 1.807) is 0 Å². The SMILES string of the molecule is N#CC1CC1C1CCOCC1. The number of nitriles is 1. The van der Waals surface area contributed by atoms with Gasteiger partial charge in [0.2, 0.25) is 0 Å². The Bertz CT molecular complexity index is 178. The molecule has 0 radical (unpaired) electrons. The summed E-state index contributed by atoms with van der Waals surface area (Å²) in [6.45, 7) is 1.83. The molecule has 0 N–H and O–H groups in total. The predicted octanol–water partition coefficient (Wildman–Crippen LogP) is 1.57. The molecule has 0 aromatic heterocycles. The van der Waals surface area contributed by atoms with Crippen molar-refractivity contribution >= 4 is 0 Å². The van der Waals surface area contributed by atoms with Crippen molar-refractivity contribution in [1.82, 2.24) is 0 Å². The van der Waals surface area contributed by atoms with Crippen LogP contribution in [0, 0.1) is 29.1 Å². The van der Waals surface area contributed by atoms with Crippen LogP contribution in [-0.2, 0) is 4.74 Å². The Balaban J connectivity index is 1.83. The van der Waals surface area contributed by atoms with Crippen LogP contribution in [0.3, 0.4) is 0 Å². The van der Waals surface area contributed by atoms with Crippen molar-refractivity contribution in [2.75, 3.05) is 13.2 Å². The molecule has 0 spiro atoms. The average Bonchev–Trinajstić information content (AvgIpc) is 2.85. The van der Waals surface area contributed by atoms with E-state index in [4.69, 9.17) is 10.00 Å². The Kier molecular flexibility index (Phi) is 1.83. The lowest BCUT2D eigenvalue weighted by atomic mass is 9.94. The lowest BCUT2D eigenvalue weighted by molar-refractivity contribution is 0.0589. The molecular formula is C9H13NO. The molecule has 2 nitrogen and oxygen atoms in total. The summed E-state index contributed by atoms with van der Waals surface area (Å²) in [4.78, 5) is 0. The maximum absolute atomic E-state index is 8.63. The maximum Gasteiger partial charge on any atom is 0.0658 e. The van der Waals surface area contributed by atoms with E-state index in [-0.39, 0.29) is 0 Å². The lowest BCUT2D eigenvalue weighted by Crippen LogP contribution is -2.17. The second kappa shape index (κ2) is 2.83. The summed E-state index contributed by atoms with van der Waals surface area (Å²) in [5.41, 5.74) is 0. The van der Waals surface area contributed by atoms with Crippen LogP contribution >= 0.6 is 0 Å². The highest BCUT2D eigenvalue weighted by molar-refractivity contribution is 5.03. The zero-order valence-electron chi connectivity index (χ0n) is 6.62. The Labute approximate surface area is 67.2 Å². The van der Waals surface area contributed by atoms with Crippen LogP contribution in [0.2, 0.25) is 0 Å². The fourth-order valence-electron chi connectivity index (χ4n) is 2.03. The minimum atomic E-state index is 0.387. The molecule has 0 amide bonds. The zero-order valence-corrected chi connectivity index (χ0v) is 6.62. The van der Waals surface area contributed by atoms with Crippen LogP contribution < -0.4 is 0 Å². The quantitative estimate of drug-likeness (QED) is 0.570. The van der Waals surface area contributed by atoms with Gasteiger partial charge < -0.3 is 4.74 Å². The minimum absolute atomic E-state index is 0.387. The highest BCUT2D eigenvalue weighted by Gasteiger charge is 2.43. The summed E-state index contributed by atoms with van der Waals surface area (Å²) in [7, 11) is 0. The van der Waals surface area contributed by atoms with Crippen molar-refractivity contribution in [1.29, 1.82) is 5.26 Å². The molecule has 0 aromatic rings. The standard InChI is InChI=1S/C9H13NO/c10-6-8-5-9(8)7-1-3-11-4-2-7/h7-9H,1-5H2. The fraction of sp³-hybridized carbons (Fsp3) is 0.889. The molecule has 2 heteroatoms. The molecule has 2 fully saturated rings. The van der Waals surface area contributed by atoms with Crippen LogP contribution in [0.4, 0.5) is 0 Å². The van der Waals surface area contributed by atoms with Crippen molar-refractivity contribution < 1.29 is 4.74 Å². The van der Waals surface area contributed by atoms with Gasteiger partial charge in [0.05, 0.1) is 6.07 Å². The molecule has 11 heavy (non-hydrogen) atoms. The van der Waals surface area contributed by atoms with Gasteiger partial charge >= 0.3 is 0 Å². The van der Waals surface area contributed by atoms with E-state index >= 15 is 0 Å². The molecule has 1 aliphatic heterocycles. The van der Waals surface area contributed by atoms with E-state index < -0.39 is 0 Å². The zero-order chi connectivity index (χ0) is 7.68. The van der Waals surface area contributed by atoms with Crippen LogP contribution in [0.1, 0.15) is 19.3 Å². The van der Waals surface area contributed by atoms with E-state index in [9.17, 15) is 0 Å². The van der Waals surface area contributed by atoms with Gasteiger partial charge in [0, 0.05) is 19.1 Å². The lowest BCUT2D eigenvalue weighted by Gasteiger charge is -2.21. The monoisotopic (exact) mass is 151 g/mol. The number of nitrogens with zero attached hydrogens (tertiary/aromatic N) is 1. The van der Waals surface area contributed by atoms with Crippen LogP contribution in [-0.4, -0.2) is 13.2 Å². The molecule has 0 bridgehead atoms. The third-order valence-corrected chi connectivity index (χ3v) is 2.88. The first-order chi connectivity index (χ1) is 5.42. The molecule has 2 atom stereocenters. The Morgan fingerprint density at radius 1 is 1.27 bits per heavy atom. The van der Waals surface area contributed by atoms with Crippen molar-refractivity contribution in [3.8, 4) is 6.07 Å². The molecule has 0 aromatic carbocycles. The van der Waals surface area contributed by atoms with Crippen LogP contribution in [0.25, 0.3) is 0 Å².